The average molecular weight is 452 g/mol. The van der Waals surface area contributed by atoms with Crippen molar-refractivity contribution in [2.45, 2.75) is 90.3 Å². The van der Waals surface area contributed by atoms with Gasteiger partial charge in [-0.15, -0.1) is 0 Å². The number of hydroxylamine groups is 1. The number of rotatable bonds is 6. The second-order valence-electron chi connectivity index (χ2n) is 10.2. The van der Waals surface area contributed by atoms with E-state index in [4.69, 9.17) is 30.5 Å². The van der Waals surface area contributed by atoms with Gasteiger partial charge in [0, 0.05) is 12.6 Å². The first-order chi connectivity index (χ1) is 14.6. The van der Waals surface area contributed by atoms with E-state index in [1.54, 1.807) is 41.5 Å². The second kappa shape index (κ2) is 9.64. The fourth-order valence-electron chi connectivity index (χ4n) is 3.23. The zero-order valence-electron chi connectivity index (χ0n) is 20.1. The summed E-state index contributed by atoms with van der Waals surface area (Å²) >= 11 is 0. The molecule has 0 spiro atoms. The summed E-state index contributed by atoms with van der Waals surface area (Å²) < 4.78 is 16.9. The van der Waals surface area contributed by atoms with Crippen LogP contribution in [0.3, 0.4) is 0 Å². The molecule has 2 unspecified atom stereocenters. The number of benzene rings is 1. The van der Waals surface area contributed by atoms with Gasteiger partial charge in [0.1, 0.15) is 23.1 Å². The van der Waals surface area contributed by atoms with Crippen molar-refractivity contribution in [3.63, 3.8) is 0 Å². The molecular formula is C23H37N3O6. The molecule has 1 aromatic rings. The fraction of sp³-hybridized carbons (Fsp3) is 0.652. The molecule has 0 bridgehead atoms. The van der Waals surface area contributed by atoms with E-state index in [1.807, 2.05) is 18.2 Å². The Bertz CT molecular complexity index is 830. The van der Waals surface area contributed by atoms with Gasteiger partial charge in [0.05, 0.1) is 0 Å². The number of amides is 1. The van der Waals surface area contributed by atoms with E-state index in [1.165, 1.54) is 6.92 Å². The lowest BCUT2D eigenvalue weighted by molar-refractivity contribution is -0.205. The van der Waals surface area contributed by atoms with Crippen molar-refractivity contribution in [3.05, 3.63) is 29.3 Å². The van der Waals surface area contributed by atoms with E-state index in [0.717, 1.165) is 11.1 Å². The third-order valence-corrected chi connectivity index (χ3v) is 4.88. The number of carbonyl (C=O) groups excluding carboxylic acids is 2. The number of hydrogen-bond donors (Lipinski definition) is 3. The lowest BCUT2D eigenvalue weighted by Crippen LogP contribution is -2.58. The molecule has 32 heavy (non-hydrogen) atoms. The van der Waals surface area contributed by atoms with Crippen molar-refractivity contribution >= 4 is 12.1 Å². The van der Waals surface area contributed by atoms with Crippen LogP contribution in [-0.4, -0.2) is 41.5 Å². The van der Waals surface area contributed by atoms with Gasteiger partial charge in [0.25, 0.3) is 0 Å². The molecule has 1 amide bonds. The topological polar surface area (TPSA) is 135 Å². The molecule has 0 saturated heterocycles. The summed E-state index contributed by atoms with van der Waals surface area (Å²) in [5.41, 5.74) is 12.7. The number of esters is 1. The summed E-state index contributed by atoms with van der Waals surface area (Å²) in [4.78, 5) is 30.9. The first-order valence-electron chi connectivity index (χ1n) is 10.8. The highest BCUT2D eigenvalue weighted by Crippen LogP contribution is 2.35. The van der Waals surface area contributed by atoms with E-state index >= 15 is 0 Å². The van der Waals surface area contributed by atoms with Crippen LogP contribution in [0.5, 0.6) is 5.75 Å². The highest BCUT2D eigenvalue weighted by Gasteiger charge is 2.50. The van der Waals surface area contributed by atoms with Crippen molar-refractivity contribution in [1.82, 2.24) is 5.48 Å². The summed E-state index contributed by atoms with van der Waals surface area (Å²) in [7, 11) is 0. The lowest BCUT2D eigenvalue weighted by Gasteiger charge is -2.39. The molecular weight excluding hydrogens is 414 g/mol. The van der Waals surface area contributed by atoms with E-state index in [-0.39, 0.29) is 6.04 Å². The maximum absolute atomic E-state index is 13.1. The summed E-state index contributed by atoms with van der Waals surface area (Å²) in [5.74, 6) is -0.0406. The first-order valence-corrected chi connectivity index (χ1v) is 10.8. The van der Waals surface area contributed by atoms with Crippen molar-refractivity contribution in [1.29, 1.82) is 0 Å². The smallest absolute Gasteiger partial charge is 0.431 e. The molecule has 0 aromatic heterocycles. The predicted molar refractivity (Wildman–Crippen MR) is 120 cm³/mol. The number of aryl methyl sites for hydroxylation is 1. The zero-order chi connectivity index (χ0) is 24.3. The normalized spacial score (nSPS) is 19.1. The number of ether oxygens (including phenoxy) is 3. The van der Waals surface area contributed by atoms with Gasteiger partial charge in [-0.05, 0) is 78.5 Å². The van der Waals surface area contributed by atoms with Crippen molar-refractivity contribution < 1.29 is 28.6 Å². The standard InChI is InChI=1S/C23H37N3O6/c1-21(2,3)30-19(27)23(7,32-26-20(28)31-22(4,5)6)18-11-9-15-12-14(16(25)13-24)8-10-17(15)29-18/h8,10,12,16,18H,9,11,13,24-25H2,1-7H3,(H,26,28)/t16?,18?,23-/m0/s1. The molecule has 9 heteroatoms. The van der Waals surface area contributed by atoms with E-state index in [0.29, 0.717) is 25.1 Å². The molecule has 1 aliphatic rings. The van der Waals surface area contributed by atoms with Gasteiger partial charge in [-0.25, -0.2) is 14.4 Å². The number of carbonyl (C=O) groups is 2. The summed E-state index contributed by atoms with van der Waals surface area (Å²) in [6, 6.07) is 5.37. The number of fused-ring (bicyclic) bond motifs is 1. The Morgan fingerprint density at radius 2 is 1.75 bits per heavy atom. The first kappa shape index (κ1) is 25.9. The molecule has 9 nitrogen and oxygen atoms in total. The van der Waals surface area contributed by atoms with Gasteiger partial charge in [-0.3, -0.25) is 0 Å². The van der Waals surface area contributed by atoms with Crippen LogP contribution in [0.25, 0.3) is 0 Å². The molecule has 1 heterocycles. The summed E-state index contributed by atoms with van der Waals surface area (Å²) in [6.45, 7) is 12.3. The van der Waals surface area contributed by atoms with Crippen LogP contribution in [0.15, 0.2) is 18.2 Å². The minimum absolute atomic E-state index is 0.258. The van der Waals surface area contributed by atoms with E-state index in [9.17, 15) is 9.59 Å². The summed E-state index contributed by atoms with van der Waals surface area (Å²) in [6.07, 6.45) is -0.447. The number of nitrogens with one attached hydrogen (secondary N) is 1. The molecule has 5 N–H and O–H groups in total. The highest BCUT2D eigenvalue weighted by molar-refractivity contribution is 5.81. The van der Waals surface area contributed by atoms with Crippen LogP contribution in [0.4, 0.5) is 4.79 Å². The van der Waals surface area contributed by atoms with Crippen LogP contribution in [0.1, 0.15) is 72.1 Å². The molecule has 0 fully saturated rings. The van der Waals surface area contributed by atoms with Crippen LogP contribution in [0.2, 0.25) is 0 Å². The number of hydrogen-bond acceptors (Lipinski definition) is 8. The molecule has 3 atom stereocenters. The molecule has 0 radical (unpaired) electrons. The minimum atomic E-state index is -1.62. The Labute approximate surface area is 190 Å². The predicted octanol–water partition coefficient (Wildman–Crippen LogP) is 2.90. The van der Waals surface area contributed by atoms with Gasteiger partial charge in [0.2, 0.25) is 5.60 Å². The molecule has 1 aromatic carbocycles. The Hall–Kier alpha value is -2.36. The van der Waals surface area contributed by atoms with Gasteiger partial charge in [-0.2, -0.15) is 5.48 Å². The molecule has 1 aliphatic heterocycles. The summed E-state index contributed by atoms with van der Waals surface area (Å²) in [5, 5.41) is 0. The van der Waals surface area contributed by atoms with Crippen molar-refractivity contribution in [2.75, 3.05) is 6.54 Å². The second-order valence-corrected chi connectivity index (χ2v) is 10.2. The van der Waals surface area contributed by atoms with Crippen LogP contribution < -0.4 is 21.7 Å². The number of nitrogens with two attached hydrogens (primary N) is 2. The Kier molecular flexibility index (Phi) is 7.80. The van der Waals surface area contributed by atoms with Gasteiger partial charge < -0.3 is 25.7 Å². The Balaban J connectivity index is 2.26. The maximum atomic E-state index is 13.1. The molecule has 0 aliphatic carbocycles. The van der Waals surface area contributed by atoms with Gasteiger partial charge >= 0.3 is 12.1 Å². The van der Waals surface area contributed by atoms with Gasteiger partial charge in [0.15, 0.2) is 0 Å². The maximum Gasteiger partial charge on any atom is 0.431 e. The average Bonchev–Trinajstić information content (AvgIpc) is 2.68. The van der Waals surface area contributed by atoms with Gasteiger partial charge in [-0.1, -0.05) is 12.1 Å². The SMILES string of the molecule is CC(C)(C)OC(=O)NO[C@](C)(C(=O)OC(C)(C)C)C1CCc2cc(C(N)CN)ccc2O1. The third-order valence-electron chi connectivity index (χ3n) is 4.88. The largest absolute Gasteiger partial charge is 0.486 e. The van der Waals surface area contributed by atoms with Crippen LogP contribution in [-0.2, 0) is 25.5 Å². The molecule has 2 rings (SSSR count). The fourth-order valence-corrected chi connectivity index (χ4v) is 3.23. The minimum Gasteiger partial charge on any atom is -0.486 e. The highest BCUT2D eigenvalue weighted by atomic mass is 16.7. The molecule has 0 saturated carbocycles. The van der Waals surface area contributed by atoms with Crippen LogP contribution in [0, 0.1) is 0 Å². The third kappa shape index (κ3) is 6.82. The zero-order valence-corrected chi connectivity index (χ0v) is 20.1. The molecule has 180 valence electrons. The lowest BCUT2D eigenvalue weighted by atomic mass is 9.89. The van der Waals surface area contributed by atoms with Crippen molar-refractivity contribution in [2.24, 2.45) is 11.5 Å². The van der Waals surface area contributed by atoms with E-state index in [2.05, 4.69) is 5.48 Å². The quantitative estimate of drug-likeness (QED) is 0.444. The monoisotopic (exact) mass is 451 g/mol. The Morgan fingerprint density at radius 3 is 2.31 bits per heavy atom. The Morgan fingerprint density at radius 1 is 1.12 bits per heavy atom. The van der Waals surface area contributed by atoms with Crippen molar-refractivity contribution in [3.8, 4) is 5.75 Å². The van der Waals surface area contributed by atoms with E-state index < -0.39 is 35.0 Å². The van der Waals surface area contributed by atoms with Crippen LogP contribution >= 0.6 is 0 Å².